The number of nitrogens with zero attached hydrogens (tertiary/aromatic N) is 3. The first-order chi connectivity index (χ1) is 12.0. The molecular weight excluding hydrogens is 332 g/mol. The van der Waals surface area contributed by atoms with Crippen molar-refractivity contribution in [2.75, 3.05) is 0 Å². The molecule has 0 saturated heterocycles. The van der Waals surface area contributed by atoms with Gasteiger partial charge in [0, 0.05) is 24.9 Å². The third-order valence-corrected chi connectivity index (χ3v) is 5.49. The van der Waals surface area contributed by atoms with Gasteiger partial charge in [-0.25, -0.2) is 9.97 Å². The third-order valence-electron chi connectivity index (χ3n) is 4.03. The van der Waals surface area contributed by atoms with Crippen molar-refractivity contribution in [3.05, 3.63) is 63.6 Å². The molecule has 0 atom stereocenters. The molecule has 1 aromatic carbocycles. The summed E-state index contributed by atoms with van der Waals surface area (Å²) >= 11 is 1.48. The molecular formula is C19H22N4OS. The Labute approximate surface area is 151 Å². The zero-order valence-corrected chi connectivity index (χ0v) is 15.7. The molecule has 0 bridgehead atoms. The molecule has 0 saturated carbocycles. The van der Waals surface area contributed by atoms with Crippen molar-refractivity contribution in [2.24, 2.45) is 0 Å². The minimum absolute atomic E-state index is 0.0703. The molecule has 0 unspecified atom stereocenters. The summed E-state index contributed by atoms with van der Waals surface area (Å²) in [6.45, 7) is 8.48. The molecule has 2 heterocycles. The van der Waals surface area contributed by atoms with Gasteiger partial charge in [-0.1, -0.05) is 32.0 Å². The number of nitrogens with one attached hydrogen (secondary N) is 1. The molecule has 5 nitrogen and oxygen atoms in total. The molecule has 3 rings (SSSR count). The summed E-state index contributed by atoms with van der Waals surface area (Å²) in [5.41, 5.74) is 2.87. The first-order valence-electron chi connectivity index (χ1n) is 8.31. The summed E-state index contributed by atoms with van der Waals surface area (Å²) in [6, 6.07) is 8.02. The number of aryl methyl sites for hydroxylation is 2. The molecule has 0 aliphatic carbocycles. The van der Waals surface area contributed by atoms with Crippen LogP contribution in [0.25, 0.3) is 5.69 Å². The lowest BCUT2D eigenvalue weighted by Crippen LogP contribution is -2.23. The third kappa shape index (κ3) is 3.64. The Morgan fingerprint density at radius 2 is 2.04 bits per heavy atom. The monoisotopic (exact) mass is 354 g/mol. The van der Waals surface area contributed by atoms with E-state index in [0.717, 1.165) is 27.8 Å². The number of aromatic nitrogens is 3. The second-order valence-electron chi connectivity index (χ2n) is 6.28. The van der Waals surface area contributed by atoms with E-state index in [2.05, 4.69) is 29.1 Å². The average Bonchev–Trinajstić information content (AvgIpc) is 3.19. The predicted octanol–water partition coefficient (Wildman–Crippen LogP) is 4.00. The summed E-state index contributed by atoms with van der Waals surface area (Å²) in [5, 5.41) is 4.03. The number of carbonyl (C=O) groups is 1. The predicted molar refractivity (Wildman–Crippen MR) is 100 cm³/mol. The fourth-order valence-electron chi connectivity index (χ4n) is 2.66. The lowest BCUT2D eigenvalue weighted by molar-refractivity contribution is 0.0954. The van der Waals surface area contributed by atoms with Gasteiger partial charge in [0.15, 0.2) is 0 Å². The highest BCUT2D eigenvalue weighted by atomic mass is 32.1. The Morgan fingerprint density at radius 1 is 1.28 bits per heavy atom. The van der Waals surface area contributed by atoms with Gasteiger partial charge in [-0.15, -0.1) is 11.3 Å². The first-order valence-corrected chi connectivity index (χ1v) is 9.12. The van der Waals surface area contributed by atoms with Gasteiger partial charge in [-0.3, -0.25) is 4.79 Å². The molecule has 0 radical (unpaired) electrons. The van der Waals surface area contributed by atoms with Crippen LogP contribution >= 0.6 is 11.3 Å². The molecule has 1 N–H and O–H groups in total. The van der Waals surface area contributed by atoms with Gasteiger partial charge in [0.25, 0.3) is 5.91 Å². The van der Waals surface area contributed by atoms with Crippen LogP contribution in [0.4, 0.5) is 0 Å². The molecule has 25 heavy (non-hydrogen) atoms. The number of hydrogen-bond donors (Lipinski definition) is 1. The fraction of sp³-hybridized carbons (Fsp3) is 0.316. The van der Waals surface area contributed by atoms with Crippen LogP contribution in [0, 0.1) is 13.8 Å². The van der Waals surface area contributed by atoms with E-state index < -0.39 is 0 Å². The number of benzene rings is 1. The van der Waals surface area contributed by atoms with Gasteiger partial charge in [0.1, 0.15) is 10.7 Å². The standard InChI is InChI=1S/C19H22N4OS/c1-12(2)19-22-13(3)17(25-19)18(24)21-11-15-7-5-6-8-16(15)23-10-9-20-14(23)4/h5-10,12H,11H2,1-4H3,(H,21,24). The average molecular weight is 354 g/mol. The van der Waals surface area contributed by atoms with Crippen LogP contribution < -0.4 is 5.32 Å². The van der Waals surface area contributed by atoms with Gasteiger partial charge in [-0.05, 0) is 25.5 Å². The molecule has 6 heteroatoms. The van der Waals surface area contributed by atoms with Crippen LogP contribution in [-0.4, -0.2) is 20.4 Å². The number of amides is 1. The van der Waals surface area contributed by atoms with Gasteiger partial charge in [0.2, 0.25) is 0 Å². The minimum Gasteiger partial charge on any atom is -0.347 e. The normalized spacial score (nSPS) is 11.1. The fourth-order valence-corrected chi connectivity index (χ4v) is 3.64. The number of thiazole rings is 1. The molecule has 130 valence electrons. The summed E-state index contributed by atoms with van der Waals surface area (Å²) < 4.78 is 2.02. The first kappa shape index (κ1) is 17.4. The maximum absolute atomic E-state index is 12.6. The highest BCUT2D eigenvalue weighted by Crippen LogP contribution is 2.24. The zero-order chi connectivity index (χ0) is 18.0. The quantitative estimate of drug-likeness (QED) is 0.753. The number of hydrogen-bond acceptors (Lipinski definition) is 4. The Hall–Kier alpha value is -2.47. The van der Waals surface area contributed by atoms with Gasteiger partial charge >= 0.3 is 0 Å². The van der Waals surface area contributed by atoms with Crippen molar-refractivity contribution in [3.8, 4) is 5.69 Å². The van der Waals surface area contributed by atoms with E-state index in [-0.39, 0.29) is 5.91 Å². The minimum atomic E-state index is -0.0703. The lowest BCUT2D eigenvalue weighted by Gasteiger charge is -2.12. The molecule has 0 aliphatic heterocycles. The Bertz CT molecular complexity index is 894. The second-order valence-corrected chi connectivity index (χ2v) is 7.31. The number of imidazole rings is 1. The van der Waals surface area contributed by atoms with Crippen LogP contribution in [0.3, 0.4) is 0 Å². The number of rotatable bonds is 5. The highest BCUT2D eigenvalue weighted by molar-refractivity contribution is 7.13. The maximum Gasteiger partial charge on any atom is 0.263 e. The van der Waals surface area contributed by atoms with Crippen molar-refractivity contribution in [2.45, 2.75) is 40.2 Å². The smallest absolute Gasteiger partial charge is 0.263 e. The number of carbonyl (C=O) groups excluding carboxylic acids is 1. The molecule has 1 amide bonds. The van der Waals surface area contributed by atoms with Crippen molar-refractivity contribution < 1.29 is 4.79 Å². The van der Waals surface area contributed by atoms with Gasteiger partial charge < -0.3 is 9.88 Å². The molecule has 0 spiro atoms. The van der Waals surface area contributed by atoms with Crippen molar-refractivity contribution in [1.29, 1.82) is 0 Å². The van der Waals surface area contributed by atoms with E-state index in [4.69, 9.17) is 0 Å². The van der Waals surface area contributed by atoms with E-state index in [9.17, 15) is 4.79 Å². The maximum atomic E-state index is 12.6. The second kappa shape index (κ2) is 7.19. The molecule has 2 aromatic heterocycles. The molecule has 0 fully saturated rings. The van der Waals surface area contributed by atoms with E-state index in [0.29, 0.717) is 17.3 Å². The van der Waals surface area contributed by atoms with Crippen molar-refractivity contribution in [1.82, 2.24) is 19.9 Å². The van der Waals surface area contributed by atoms with Crippen molar-refractivity contribution >= 4 is 17.2 Å². The van der Waals surface area contributed by atoms with Crippen LogP contribution in [0.1, 0.15) is 51.5 Å². The van der Waals surface area contributed by atoms with Crippen LogP contribution in [0.15, 0.2) is 36.7 Å². The van der Waals surface area contributed by atoms with E-state index in [1.54, 1.807) is 6.20 Å². The molecule has 3 aromatic rings. The summed E-state index contributed by atoms with van der Waals surface area (Å²) in [5.74, 6) is 1.17. The topological polar surface area (TPSA) is 59.8 Å². The number of para-hydroxylation sites is 1. The van der Waals surface area contributed by atoms with E-state index >= 15 is 0 Å². The SMILES string of the molecule is Cc1nc(C(C)C)sc1C(=O)NCc1ccccc1-n1ccnc1C. The van der Waals surface area contributed by atoms with Crippen LogP contribution in [0.5, 0.6) is 0 Å². The van der Waals surface area contributed by atoms with Crippen LogP contribution in [0.2, 0.25) is 0 Å². The lowest BCUT2D eigenvalue weighted by atomic mass is 10.1. The summed E-state index contributed by atoms with van der Waals surface area (Å²) in [4.78, 5) is 22.1. The van der Waals surface area contributed by atoms with E-state index in [1.807, 2.05) is 48.9 Å². The van der Waals surface area contributed by atoms with Gasteiger partial charge in [0.05, 0.1) is 16.4 Å². The summed E-state index contributed by atoms with van der Waals surface area (Å²) in [6.07, 6.45) is 3.71. The zero-order valence-electron chi connectivity index (χ0n) is 14.9. The Balaban J connectivity index is 1.79. The highest BCUT2D eigenvalue weighted by Gasteiger charge is 2.17. The Morgan fingerprint density at radius 3 is 2.68 bits per heavy atom. The van der Waals surface area contributed by atoms with E-state index in [1.165, 1.54) is 11.3 Å². The summed E-state index contributed by atoms with van der Waals surface area (Å²) in [7, 11) is 0. The largest absolute Gasteiger partial charge is 0.347 e. The Kier molecular flexibility index (Phi) is 4.99. The van der Waals surface area contributed by atoms with Crippen molar-refractivity contribution in [3.63, 3.8) is 0 Å². The molecule has 0 aliphatic rings. The van der Waals surface area contributed by atoms with Crippen LogP contribution in [-0.2, 0) is 6.54 Å². The van der Waals surface area contributed by atoms with Gasteiger partial charge in [-0.2, -0.15) is 0 Å².